The van der Waals surface area contributed by atoms with Crippen LogP contribution in [-0.4, -0.2) is 99.1 Å². The van der Waals surface area contributed by atoms with Crippen LogP contribution in [0.4, 0.5) is 0 Å². The van der Waals surface area contributed by atoms with Gasteiger partial charge >= 0.3 is 23.9 Å². The summed E-state index contributed by atoms with van der Waals surface area (Å²) in [5.74, 6) is -4.19. The Kier molecular flexibility index (Phi) is 33.8. The second kappa shape index (κ2) is 32.2. The Morgan fingerprint density at radius 1 is 0.571 bits per heavy atom. The molecule has 0 bridgehead atoms. The first-order valence-corrected chi connectivity index (χ1v) is 11.8. The maximum atomic E-state index is 10.2. The molecule has 236 valence electrons. The fourth-order valence-corrected chi connectivity index (χ4v) is 1.89. The number of carboxylic acids is 4. The molecule has 0 saturated heterocycles. The largest absolute Gasteiger partial charge is 0.480 e. The Balaban J connectivity index is -0.000000230. The van der Waals surface area contributed by atoms with Crippen LogP contribution < -0.4 is 22.9 Å². The van der Waals surface area contributed by atoms with Gasteiger partial charge in [0.15, 0.2) is 0 Å². The molecule has 0 aromatic rings. The number of rotatable bonds is 18. The zero-order valence-electron chi connectivity index (χ0n) is 22.6. The summed E-state index contributed by atoms with van der Waals surface area (Å²) < 4.78 is 0. The van der Waals surface area contributed by atoms with Crippen LogP contribution in [-0.2, 0) is 19.2 Å². The number of hydrogen-bond donors (Lipinski definition) is 8. The van der Waals surface area contributed by atoms with Gasteiger partial charge in [-0.1, -0.05) is 21.8 Å². The minimum atomic E-state index is -1.10. The number of nitrogens with two attached hydrogens (primary N) is 4. The van der Waals surface area contributed by atoms with E-state index in [4.69, 9.17) is 65.5 Å². The van der Waals surface area contributed by atoms with Crippen molar-refractivity contribution in [2.24, 2.45) is 38.3 Å². The molecule has 0 aromatic carbocycles. The highest BCUT2D eigenvalue weighted by molar-refractivity contribution is 5.76. The maximum absolute atomic E-state index is 10.2. The van der Waals surface area contributed by atoms with E-state index in [2.05, 4.69) is 34.9 Å². The number of aliphatic carboxylic acids is 4. The van der Waals surface area contributed by atoms with Gasteiger partial charge in [0.25, 0.3) is 6.21 Å². The van der Waals surface area contributed by atoms with E-state index in [0.717, 1.165) is 6.21 Å². The van der Waals surface area contributed by atoms with Crippen molar-refractivity contribution in [1.29, 1.82) is 0 Å². The van der Waals surface area contributed by atoms with Crippen molar-refractivity contribution in [1.82, 2.24) is 0 Å². The fourth-order valence-electron chi connectivity index (χ4n) is 1.89. The van der Waals surface area contributed by atoms with Crippen molar-refractivity contribution < 1.29 is 44.4 Å². The van der Waals surface area contributed by atoms with Gasteiger partial charge in [-0.05, 0) is 48.7 Å². The van der Waals surface area contributed by atoms with Crippen LogP contribution in [0.2, 0.25) is 0 Å². The first kappa shape index (κ1) is 44.1. The summed E-state index contributed by atoms with van der Waals surface area (Å²) in [4.78, 5) is 50.4. The summed E-state index contributed by atoms with van der Waals surface area (Å²) in [6.07, 6.45) is 3.91. The van der Waals surface area contributed by atoms with Crippen LogP contribution in [0.5, 0.6) is 0 Å². The zero-order chi connectivity index (χ0) is 33.3. The lowest BCUT2D eigenvalue weighted by Gasteiger charge is -2.03. The molecule has 0 rings (SSSR count). The Morgan fingerprint density at radius 3 is 1.31 bits per heavy atom. The first-order valence-electron chi connectivity index (χ1n) is 11.8. The summed E-state index contributed by atoms with van der Waals surface area (Å²) >= 11 is 0. The minimum Gasteiger partial charge on any atom is -0.480 e. The van der Waals surface area contributed by atoms with Gasteiger partial charge in [-0.2, -0.15) is 4.79 Å². The van der Waals surface area contributed by atoms with E-state index in [9.17, 15) is 19.2 Å². The van der Waals surface area contributed by atoms with Gasteiger partial charge in [0.2, 0.25) is 0 Å². The summed E-state index contributed by atoms with van der Waals surface area (Å²) in [6.45, 7) is 0.838. The molecule has 0 aliphatic heterocycles. The number of nitrogens with zero attached hydrogens (tertiary/aromatic N) is 11. The van der Waals surface area contributed by atoms with Crippen molar-refractivity contribution in [2.45, 2.75) is 69.1 Å². The van der Waals surface area contributed by atoms with Crippen LogP contribution in [0.3, 0.4) is 0 Å². The summed E-state index contributed by atoms with van der Waals surface area (Å²) in [6, 6.07) is -3.54. The number of hydrogen-bond acceptors (Lipinski definition) is 11. The molecule has 23 nitrogen and oxygen atoms in total. The van der Waals surface area contributed by atoms with Gasteiger partial charge in [-0.3, -0.25) is 19.2 Å². The normalized spacial score (nSPS) is 11.7. The third-order valence-corrected chi connectivity index (χ3v) is 4.24. The molecule has 4 unspecified atom stereocenters. The third kappa shape index (κ3) is 37.2. The lowest BCUT2D eigenvalue weighted by atomic mass is 10.1. The van der Waals surface area contributed by atoms with Crippen LogP contribution in [0, 0.1) is 0 Å². The molecule has 0 aliphatic rings. The van der Waals surface area contributed by atoms with Gasteiger partial charge in [-0.25, -0.2) is 0 Å². The van der Waals surface area contributed by atoms with Gasteiger partial charge in [0.05, 0.1) is 6.42 Å². The molecule has 12 N–H and O–H groups in total. The summed E-state index contributed by atoms with van der Waals surface area (Å²) in [5, 5.41) is 42.7. The van der Waals surface area contributed by atoms with Crippen molar-refractivity contribution in [3.63, 3.8) is 0 Å². The predicted molar refractivity (Wildman–Crippen MR) is 146 cm³/mol. The molecule has 0 aliphatic carbocycles. The van der Waals surface area contributed by atoms with Crippen LogP contribution in [0.1, 0.15) is 44.9 Å². The van der Waals surface area contributed by atoms with Crippen molar-refractivity contribution in [3.05, 3.63) is 36.9 Å². The second-order valence-electron chi connectivity index (χ2n) is 7.60. The van der Waals surface area contributed by atoms with E-state index in [1.54, 1.807) is 0 Å². The molecule has 0 amide bonds. The molecule has 42 heavy (non-hydrogen) atoms. The molecule has 0 fully saturated rings. The van der Waals surface area contributed by atoms with Gasteiger partial charge in [-0.15, -0.1) is 0 Å². The molecule has 0 saturated carbocycles. The number of azide groups is 3. The summed E-state index contributed by atoms with van der Waals surface area (Å²) in [7, 11) is 0. The molecule has 0 heterocycles. The Labute approximate surface area is 238 Å². The van der Waals surface area contributed by atoms with E-state index >= 15 is 0 Å². The van der Waals surface area contributed by atoms with Gasteiger partial charge in [0, 0.05) is 34.4 Å². The second-order valence-corrected chi connectivity index (χ2v) is 7.60. The Hall–Kier alpha value is -4.97. The Bertz CT molecular complexity index is 988. The highest BCUT2D eigenvalue weighted by Gasteiger charge is 2.11. The van der Waals surface area contributed by atoms with Gasteiger partial charge in [0.1, 0.15) is 24.2 Å². The average molecular weight is 604 g/mol. The van der Waals surface area contributed by atoms with Crippen LogP contribution >= 0.6 is 0 Å². The lowest BCUT2D eigenvalue weighted by Crippen LogP contribution is -2.30. The first-order chi connectivity index (χ1) is 19.7. The summed E-state index contributed by atoms with van der Waals surface area (Å²) in [5.41, 5.74) is 51.8. The molecular weight excluding hydrogens is 566 g/mol. The highest BCUT2D eigenvalue weighted by atomic mass is 16.4. The molecule has 0 aromatic heterocycles. The predicted octanol–water partition coefficient (Wildman–Crippen LogP) is 0.555. The fraction of sp³-hybridized carbons (Fsp3) is 0.737. The molecule has 23 heteroatoms. The minimum absolute atomic E-state index is 0.0475. The van der Waals surface area contributed by atoms with E-state index in [1.807, 2.05) is 0 Å². The van der Waals surface area contributed by atoms with E-state index in [-0.39, 0.29) is 19.4 Å². The topological polar surface area (TPSA) is 436 Å². The SMILES string of the molecule is [N-]=[N+]=CCC(N)C(=O)O.[N-]=[N+]=NCCC(N)C(=O)O.[N-]=[N+]=NCCCC(N)C(=O)O.[N-]=[N+]=NCCCCC(N)C(=O)O. The molecule has 0 radical (unpaired) electrons. The van der Waals surface area contributed by atoms with E-state index < -0.39 is 48.0 Å². The van der Waals surface area contributed by atoms with Crippen molar-refractivity contribution in [2.75, 3.05) is 19.6 Å². The lowest BCUT2D eigenvalue weighted by molar-refractivity contribution is -0.139. The Morgan fingerprint density at radius 2 is 0.929 bits per heavy atom. The molecular formula is C19H37N15O8. The van der Waals surface area contributed by atoms with E-state index in [0.29, 0.717) is 45.2 Å². The highest BCUT2D eigenvalue weighted by Crippen LogP contribution is 1.99. The number of carbonyl (C=O) groups is 4. The van der Waals surface area contributed by atoms with Crippen molar-refractivity contribution >= 4 is 30.1 Å². The maximum Gasteiger partial charge on any atom is 0.321 e. The monoisotopic (exact) mass is 603 g/mol. The molecule has 4 atom stereocenters. The zero-order valence-corrected chi connectivity index (χ0v) is 22.6. The number of carboxylic acid groups (broad SMARTS) is 4. The quantitative estimate of drug-likeness (QED) is 0.0350. The molecule has 0 spiro atoms. The van der Waals surface area contributed by atoms with E-state index in [1.165, 1.54) is 0 Å². The van der Waals surface area contributed by atoms with Crippen LogP contribution in [0.25, 0.3) is 36.9 Å². The number of unbranched alkanes of at least 4 members (excludes halogenated alkanes) is 1. The smallest absolute Gasteiger partial charge is 0.321 e. The standard InChI is InChI=1S/C6H12N4O2.C5H10N4O2.C4H8N4O2.C4H7N3O2/c7-5(6(11)12)3-1-2-4-9-10-8;6-4(5(10)11)2-1-3-8-9-7;5-3(4(9)10)1-2-7-8-6;5-3(4(8)9)1-2-7-6/h5H,1-4,7H2,(H,11,12);4H,1-3,6H2,(H,10,11);3H,1-2,5H2,(H,9,10);2-3H,1,5H2,(H,8,9). The van der Waals surface area contributed by atoms with Crippen LogP contribution in [0.15, 0.2) is 15.3 Å². The average Bonchev–Trinajstić information content (AvgIpc) is 2.94. The van der Waals surface area contributed by atoms with Gasteiger partial charge < -0.3 is 48.9 Å². The van der Waals surface area contributed by atoms with Crippen molar-refractivity contribution in [3.8, 4) is 0 Å². The third-order valence-electron chi connectivity index (χ3n) is 4.24.